The Labute approximate surface area is 342 Å². The summed E-state index contributed by atoms with van der Waals surface area (Å²) in [4.78, 5) is 20.5. The summed E-state index contributed by atoms with van der Waals surface area (Å²) in [5.41, 5.74) is 10.5. The number of aryl methyl sites for hydroxylation is 1. The maximum atomic E-state index is 5.34. The van der Waals surface area contributed by atoms with Gasteiger partial charge in [0.2, 0.25) is 0 Å². The SMILES string of the molecule is Cc1ccc(-c2ccc(-c3cc(-c4nc(-c5cccc6ccccc56)nc(-c5cccc6ccccc56)n4)cc(-c4cc5ccccc5c5ccccc45)c3)cc2)cn1. The minimum absolute atomic E-state index is 0.612. The van der Waals surface area contributed by atoms with Crippen LogP contribution in [-0.2, 0) is 0 Å². The van der Waals surface area contributed by atoms with E-state index >= 15 is 0 Å². The Morgan fingerprint density at radius 2 is 0.763 bits per heavy atom. The van der Waals surface area contributed by atoms with Crippen LogP contribution in [0.1, 0.15) is 5.69 Å². The van der Waals surface area contributed by atoms with Crippen LogP contribution >= 0.6 is 0 Å². The highest BCUT2D eigenvalue weighted by atomic mass is 15.0. The highest BCUT2D eigenvalue weighted by Crippen LogP contribution is 2.40. The third-order valence-corrected chi connectivity index (χ3v) is 11.4. The van der Waals surface area contributed by atoms with Gasteiger partial charge in [0, 0.05) is 34.1 Å². The molecule has 0 bridgehead atoms. The second kappa shape index (κ2) is 14.3. The zero-order chi connectivity index (χ0) is 39.3. The van der Waals surface area contributed by atoms with Crippen LogP contribution in [0.25, 0.3) is 111 Å². The molecule has 9 aromatic carbocycles. The van der Waals surface area contributed by atoms with Crippen molar-refractivity contribution in [1.82, 2.24) is 19.9 Å². The Hall–Kier alpha value is -7.82. The highest BCUT2D eigenvalue weighted by Gasteiger charge is 2.18. The van der Waals surface area contributed by atoms with Crippen LogP contribution in [0.3, 0.4) is 0 Å². The lowest BCUT2D eigenvalue weighted by Crippen LogP contribution is -2.01. The van der Waals surface area contributed by atoms with E-state index in [9.17, 15) is 0 Å². The number of aromatic nitrogens is 4. The van der Waals surface area contributed by atoms with Crippen LogP contribution in [0.5, 0.6) is 0 Å². The van der Waals surface area contributed by atoms with E-state index in [0.717, 1.165) is 77.3 Å². The van der Waals surface area contributed by atoms with Crippen LogP contribution in [-0.4, -0.2) is 19.9 Å². The van der Waals surface area contributed by atoms with Gasteiger partial charge in [-0.3, -0.25) is 4.98 Å². The first-order chi connectivity index (χ1) is 29.1. The van der Waals surface area contributed by atoms with E-state index in [1.807, 2.05) is 13.1 Å². The summed E-state index contributed by atoms with van der Waals surface area (Å²) in [6, 6.07) is 68.9. The van der Waals surface area contributed by atoms with Crippen LogP contribution in [0.2, 0.25) is 0 Å². The third-order valence-electron chi connectivity index (χ3n) is 11.4. The van der Waals surface area contributed by atoms with Crippen molar-refractivity contribution in [3.8, 4) is 67.5 Å². The monoisotopic (exact) mass is 752 g/mol. The largest absolute Gasteiger partial charge is 0.261 e. The van der Waals surface area contributed by atoms with Crippen molar-refractivity contribution >= 4 is 43.1 Å². The molecule has 0 spiro atoms. The molecule has 2 aromatic heterocycles. The number of benzene rings is 9. The fourth-order valence-corrected chi connectivity index (χ4v) is 8.45. The summed E-state index contributed by atoms with van der Waals surface area (Å²) in [5.74, 6) is 1.88. The number of nitrogens with zero attached hydrogens (tertiary/aromatic N) is 4. The lowest BCUT2D eigenvalue weighted by atomic mass is 9.90. The molecule has 0 saturated carbocycles. The normalized spacial score (nSPS) is 11.5. The first-order valence-corrected chi connectivity index (χ1v) is 20.0. The van der Waals surface area contributed by atoms with Crippen molar-refractivity contribution in [3.63, 3.8) is 0 Å². The average molecular weight is 753 g/mol. The minimum atomic E-state index is 0.612. The predicted octanol–water partition coefficient (Wildman–Crippen LogP) is 14.2. The molecule has 4 heteroatoms. The number of hydrogen-bond acceptors (Lipinski definition) is 4. The standard InChI is InChI=1S/C55H36N4/c1-35-24-25-41(34-56-35)36-26-28-37(29-27-36)42-30-43(52-33-40-14-4-7-19-47(40)48-20-8-9-21-49(48)52)32-44(31-42)53-57-54(50-22-10-15-38-12-2-5-17-45(38)50)59-55(58-53)51-23-11-16-39-13-3-6-18-46(39)51/h2-34H,1H3. The van der Waals surface area contributed by atoms with Crippen LogP contribution in [0, 0.1) is 6.92 Å². The topological polar surface area (TPSA) is 51.6 Å². The van der Waals surface area contributed by atoms with Gasteiger partial charge in [0.1, 0.15) is 0 Å². The molecule has 0 N–H and O–H groups in total. The van der Waals surface area contributed by atoms with E-state index < -0.39 is 0 Å². The fraction of sp³-hybridized carbons (Fsp3) is 0.0182. The maximum absolute atomic E-state index is 5.34. The number of pyridine rings is 1. The summed E-state index contributed by atoms with van der Waals surface area (Å²) in [6.07, 6.45) is 1.94. The molecular weight excluding hydrogens is 717 g/mol. The maximum Gasteiger partial charge on any atom is 0.164 e. The summed E-state index contributed by atoms with van der Waals surface area (Å²) in [5, 5.41) is 9.31. The molecule has 0 aliphatic carbocycles. The van der Waals surface area contributed by atoms with Gasteiger partial charge in [-0.2, -0.15) is 0 Å². The van der Waals surface area contributed by atoms with Gasteiger partial charge in [-0.05, 0) is 108 Å². The zero-order valence-corrected chi connectivity index (χ0v) is 32.3. The first kappa shape index (κ1) is 34.4. The van der Waals surface area contributed by atoms with Crippen molar-refractivity contribution in [1.29, 1.82) is 0 Å². The molecule has 59 heavy (non-hydrogen) atoms. The Bertz CT molecular complexity index is 3280. The van der Waals surface area contributed by atoms with Gasteiger partial charge in [-0.25, -0.2) is 15.0 Å². The molecule has 11 rings (SSSR count). The molecular formula is C55H36N4. The van der Waals surface area contributed by atoms with Crippen LogP contribution < -0.4 is 0 Å². The van der Waals surface area contributed by atoms with E-state index in [0.29, 0.717) is 17.5 Å². The molecule has 2 heterocycles. The lowest BCUT2D eigenvalue weighted by molar-refractivity contribution is 1.08. The number of rotatable bonds is 6. The Balaban J connectivity index is 1.17. The Kier molecular flexibility index (Phi) is 8.34. The predicted molar refractivity (Wildman–Crippen MR) is 245 cm³/mol. The van der Waals surface area contributed by atoms with E-state index in [1.54, 1.807) is 0 Å². The number of fused-ring (bicyclic) bond motifs is 5. The van der Waals surface area contributed by atoms with Gasteiger partial charge < -0.3 is 0 Å². The molecule has 11 aromatic rings. The minimum Gasteiger partial charge on any atom is -0.261 e. The van der Waals surface area contributed by atoms with Crippen molar-refractivity contribution in [2.24, 2.45) is 0 Å². The van der Waals surface area contributed by atoms with Crippen LogP contribution in [0.4, 0.5) is 0 Å². The Morgan fingerprint density at radius 3 is 1.39 bits per heavy atom. The first-order valence-electron chi connectivity index (χ1n) is 20.0. The molecule has 0 atom stereocenters. The molecule has 0 unspecified atom stereocenters. The zero-order valence-electron chi connectivity index (χ0n) is 32.3. The summed E-state index contributed by atoms with van der Waals surface area (Å²) in [7, 11) is 0. The average Bonchev–Trinajstić information content (AvgIpc) is 3.31. The van der Waals surface area contributed by atoms with Crippen molar-refractivity contribution < 1.29 is 0 Å². The summed E-state index contributed by atoms with van der Waals surface area (Å²) in [6.45, 7) is 2.01. The van der Waals surface area contributed by atoms with E-state index in [-0.39, 0.29) is 0 Å². The molecule has 0 aliphatic heterocycles. The molecule has 0 saturated heterocycles. The van der Waals surface area contributed by atoms with Crippen molar-refractivity contribution in [2.45, 2.75) is 6.92 Å². The van der Waals surface area contributed by atoms with E-state index in [4.69, 9.17) is 15.0 Å². The van der Waals surface area contributed by atoms with Gasteiger partial charge in [-0.1, -0.05) is 164 Å². The molecule has 0 fully saturated rings. The molecule has 0 aliphatic rings. The van der Waals surface area contributed by atoms with Crippen molar-refractivity contribution in [3.05, 3.63) is 206 Å². The van der Waals surface area contributed by atoms with E-state index in [1.165, 1.54) is 21.5 Å². The highest BCUT2D eigenvalue weighted by molar-refractivity contribution is 6.14. The molecule has 0 radical (unpaired) electrons. The van der Waals surface area contributed by atoms with Gasteiger partial charge >= 0.3 is 0 Å². The van der Waals surface area contributed by atoms with Gasteiger partial charge in [-0.15, -0.1) is 0 Å². The quantitative estimate of drug-likeness (QED) is 0.159. The fourth-order valence-electron chi connectivity index (χ4n) is 8.45. The number of hydrogen-bond donors (Lipinski definition) is 0. The lowest BCUT2D eigenvalue weighted by Gasteiger charge is -2.16. The Morgan fingerprint density at radius 1 is 0.288 bits per heavy atom. The summed E-state index contributed by atoms with van der Waals surface area (Å²) >= 11 is 0. The second-order valence-corrected chi connectivity index (χ2v) is 15.1. The molecule has 4 nitrogen and oxygen atoms in total. The molecule has 276 valence electrons. The second-order valence-electron chi connectivity index (χ2n) is 15.1. The van der Waals surface area contributed by atoms with Crippen LogP contribution in [0.15, 0.2) is 200 Å². The summed E-state index contributed by atoms with van der Waals surface area (Å²) < 4.78 is 0. The molecule has 0 amide bonds. The van der Waals surface area contributed by atoms with Gasteiger partial charge in [0.25, 0.3) is 0 Å². The van der Waals surface area contributed by atoms with Gasteiger partial charge in [0.15, 0.2) is 17.5 Å². The van der Waals surface area contributed by atoms with E-state index in [2.05, 4.69) is 199 Å². The third kappa shape index (κ3) is 6.28. The van der Waals surface area contributed by atoms with Gasteiger partial charge in [0.05, 0.1) is 0 Å². The van der Waals surface area contributed by atoms with Crippen molar-refractivity contribution in [2.75, 3.05) is 0 Å². The smallest absolute Gasteiger partial charge is 0.164 e.